The second-order valence-electron chi connectivity index (χ2n) is 6.02. The molecule has 0 aliphatic rings. The normalized spacial score (nSPS) is 10.7. The van der Waals surface area contributed by atoms with Crippen molar-refractivity contribution in [2.45, 2.75) is 20.8 Å². The Bertz CT molecular complexity index is 1030. The molecule has 0 saturated heterocycles. The summed E-state index contributed by atoms with van der Waals surface area (Å²) in [5.74, 6) is -0.282. The molecule has 0 unspecified atom stereocenters. The number of rotatable bonds is 5. The maximum absolute atomic E-state index is 12.3. The molecule has 0 saturated carbocycles. The predicted molar refractivity (Wildman–Crippen MR) is 99.4 cm³/mol. The molecule has 3 aromatic rings. The van der Waals surface area contributed by atoms with Crippen molar-refractivity contribution in [1.29, 1.82) is 0 Å². The summed E-state index contributed by atoms with van der Waals surface area (Å²) in [4.78, 5) is 28.2. The zero-order valence-corrected chi connectivity index (χ0v) is 15.2. The number of fused-ring (bicyclic) bond motifs is 1. The number of nitrogens with one attached hydrogen (secondary N) is 3. The van der Waals surface area contributed by atoms with E-state index in [1.165, 1.54) is 6.33 Å². The van der Waals surface area contributed by atoms with Crippen LogP contribution in [0.2, 0.25) is 0 Å². The summed E-state index contributed by atoms with van der Waals surface area (Å²) in [5.41, 5.74) is 5.37. The minimum atomic E-state index is -0.608. The Kier molecular flexibility index (Phi) is 5.04. The van der Waals surface area contributed by atoms with E-state index in [0.29, 0.717) is 34.7 Å². The topological polar surface area (TPSA) is 121 Å². The molecule has 9 nitrogen and oxygen atoms in total. The van der Waals surface area contributed by atoms with Crippen LogP contribution in [0.5, 0.6) is 0 Å². The van der Waals surface area contributed by atoms with E-state index in [4.69, 9.17) is 5.21 Å². The van der Waals surface area contributed by atoms with Gasteiger partial charge in [0.05, 0.1) is 5.56 Å². The molecular weight excluding hydrogens is 348 g/mol. The third kappa shape index (κ3) is 3.44. The first-order valence-corrected chi connectivity index (χ1v) is 8.39. The van der Waals surface area contributed by atoms with Gasteiger partial charge in [-0.2, -0.15) is 5.10 Å². The SMILES string of the molecule is CCNC(=O)c1cn2ncnc(Nc3cc(C(=O)NO)ccc3C)c2c1C. The quantitative estimate of drug-likeness (QED) is 0.404. The first kappa shape index (κ1) is 18.3. The summed E-state index contributed by atoms with van der Waals surface area (Å²) in [5, 5.41) is 19.0. The lowest BCUT2D eigenvalue weighted by Crippen LogP contribution is -2.22. The average molecular weight is 368 g/mol. The fourth-order valence-corrected chi connectivity index (χ4v) is 2.83. The first-order chi connectivity index (χ1) is 13.0. The molecule has 2 aromatic heterocycles. The third-order valence-corrected chi connectivity index (χ3v) is 4.26. The summed E-state index contributed by atoms with van der Waals surface area (Å²) in [7, 11) is 0. The van der Waals surface area contributed by atoms with Gasteiger partial charge in [-0.05, 0) is 44.0 Å². The zero-order chi connectivity index (χ0) is 19.6. The molecular formula is C18H20N6O3. The van der Waals surface area contributed by atoms with E-state index < -0.39 is 5.91 Å². The maximum Gasteiger partial charge on any atom is 0.274 e. The Hall–Kier alpha value is -3.46. The Morgan fingerprint density at radius 1 is 1.22 bits per heavy atom. The van der Waals surface area contributed by atoms with Gasteiger partial charge in [0.1, 0.15) is 11.8 Å². The fraction of sp³-hybridized carbons (Fsp3) is 0.222. The number of aromatic nitrogens is 3. The van der Waals surface area contributed by atoms with Crippen molar-refractivity contribution >= 4 is 28.8 Å². The van der Waals surface area contributed by atoms with Gasteiger partial charge >= 0.3 is 0 Å². The van der Waals surface area contributed by atoms with Crippen molar-refractivity contribution in [2.24, 2.45) is 0 Å². The van der Waals surface area contributed by atoms with Crippen molar-refractivity contribution in [3.63, 3.8) is 0 Å². The number of hydrogen-bond donors (Lipinski definition) is 4. The van der Waals surface area contributed by atoms with Crippen LogP contribution in [0.3, 0.4) is 0 Å². The van der Waals surface area contributed by atoms with Crippen LogP contribution in [0.25, 0.3) is 5.52 Å². The van der Waals surface area contributed by atoms with Gasteiger partial charge in [-0.1, -0.05) is 6.07 Å². The Morgan fingerprint density at radius 3 is 2.70 bits per heavy atom. The highest BCUT2D eigenvalue weighted by Crippen LogP contribution is 2.27. The van der Waals surface area contributed by atoms with E-state index in [1.807, 2.05) is 20.8 Å². The van der Waals surface area contributed by atoms with Gasteiger partial charge in [-0.15, -0.1) is 0 Å². The summed E-state index contributed by atoms with van der Waals surface area (Å²) in [6.07, 6.45) is 3.04. The zero-order valence-electron chi connectivity index (χ0n) is 15.2. The van der Waals surface area contributed by atoms with Crippen LogP contribution >= 0.6 is 0 Å². The summed E-state index contributed by atoms with van der Waals surface area (Å²) < 4.78 is 1.59. The number of hydrogen-bond acceptors (Lipinski definition) is 6. The van der Waals surface area contributed by atoms with Crippen LogP contribution in [0.4, 0.5) is 11.5 Å². The molecule has 0 fully saturated rings. The van der Waals surface area contributed by atoms with E-state index in [2.05, 4.69) is 20.7 Å². The van der Waals surface area contributed by atoms with Crippen molar-refractivity contribution < 1.29 is 14.8 Å². The number of hydroxylamine groups is 1. The number of anilines is 2. The number of benzene rings is 1. The number of nitrogens with zero attached hydrogens (tertiary/aromatic N) is 3. The highest BCUT2D eigenvalue weighted by atomic mass is 16.5. The molecule has 1 aromatic carbocycles. The van der Waals surface area contributed by atoms with Crippen LogP contribution in [0, 0.1) is 13.8 Å². The largest absolute Gasteiger partial charge is 0.352 e. The Labute approximate surface area is 155 Å². The van der Waals surface area contributed by atoms with E-state index in [1.54, 1.807) is 34.4 Å². The average Bonchev–Trinajstić information content (AvgIpc) is 3.01. The second kappa shape index (κ2) is 7.42. The minimum absolute atomic E-state index is 0.177. The second-order valence-corrected chi connectivity index (χ2v) is 6.02. The molecule has 0 atom stereocenters. The number of carbonyl (C=O) groups is 2. The molecule has 3 rings (SSSR count). The predicted octanol–water partition coefficient (Wildman–Crippen LogP) is 1.96. The van der Waals surface area contributed by atoms with Crippen LogP contribution in [-0.4, -0.2) is 38.2 Å². The van der Waals surface area contributed by atoms with Crippen molar-refractivity contribution in [3.05, 3.63) is 53.0 Å². The van der Waals surface area contributed by atoms with Gasteiger partial charge in [-0.3, -0.25) is 14.8 Å². The lowest BCUT2D eigenvalue weighted by Gasteiger charge is -2.12. The van der Waals surface area contributed by atoms with Gasteiger partial charge in [-0.25, -0.2) is 15.0 Å². The molecule has 0 aliphatic heterocycles. The molecule has 0 spiro atoms. The van der Waals surface area contributed by atoms with Crippen LogP contribution < -0.4 is 16.1 Å². The molecule has 27 heavy (non-hydrogen) atoms. The fourth-order valence-electron chi connectivity index (χ4n) is 2.83. The Balaban J connectivity index is 2.06. The Morgan fingerprint density at radius 2 is 2.00 bits per heavy atom. The van der Waals surface area contributed by atoms with E-state index in [0.717, 1.165) is 11.1 Å². The van der Waals surface area contributed by atoms with Gasteiger partial charge in [0.25, 0.3) is 11.8 Å². The molecule has 0 aliphatic carbocycles. The smallest absolute Gasteiger partial charge is 0.274 e. The molecule has 0 radical (unpaired) electrons. The molecule has 2 heterocycles. The first-order valence-electron chi connectivity index (χ1n) is 8.39. The minimum Gasteiger partial charge on any atom is -0.352 e. The molecule has 9 heteroatoms. The third-order valence-electron chi connectivity index (χ3n) is 4.26. The van der Waals surface area contributed by atoms with Crippen LogP contribution in [0.15, 0.2) is 30.7 Å². The summed E-state index contributed by atoms with van der Waals surface area (Å²) in [6.45, 7) is 6.09. The molecule has 0 bridgehead atoms. The standard InChI is InChI=1S/C18H20N6O3/c1-4-19-18(26)13-8-24-15(11(13)3)16(20-9-21-24)22-14-7-12(17(25)23-27)6-5-10(14)2/h5-9,27H,4H2,1-3H3,(H,19,26)(H,23,25)(H,20,21,22). The lowest BCUT2D eigenvalue weighted by molar-refractivity contribution is 0.0706. The van der Waals surface area contributed by atoms with E-state index >= 15 is 0 Å². The molecule has 2 amide bonds. The van der Waals surface area contributed by atoms with Crippen molar-refractivity contribution in [1.82, 2.24) is 25.4 Å². The molecule has 4 N–H and O–H groups in total. The summed E-state index contributed by atoms with van der Waals surface area (Å²) in [6, 6.07) is 4.98. The number of aryl methyl sites for hydroxylation is 2. The van der Waals surface area contributed by atoms with Crippen molar-refractivity contribution in [2.75, 3.05) is 11.9 Å². The van der Waals surface area contributed by atoms with Crippen molar-refractivity contribution in [3.8, 4) is 0 Å². The van der Waals surface area contributed by atoms with Gasteiger partial charge in [0.15, 0.2) is 5.82 Å². The van der Waals surface area contributed by atoms with Gasteiger partial charge in [0, 0.05) is 24.0 Å². The maximum atomic E-state index is 12.3. The summed E-state index contributed by atoms with van der Waals surface area (Å²) >= 11 is 0. The van der Waals surface area contributed by atoms with Gasteiger partial charge in [0.2, 0.25) is 0 Å². The highest BCUT2D eigenvalue weighted by Gasteiger charge is 2.18. The van der Waals surface area contributed by atoms with Crippen LogP contribution in [0.1, 0.15) is 38.8 Å². The number of carbonyl (C=O) groups excluding carboxylic acids is 2. The number of amides is 2. The van der Waals surface area contributed by atoms with Crippen LogP contribution in [-0.2, 0) is 0 Å². The molecule has 140 valence electrons. The van der Waals surface area contributed by atoms with E-state index in [9.17, 15) is 9.59 Å². The van der Waals surface area contributed by atoms with Gasteiger partial charge < -0.3 is 10.6 Å². The lowest BCUT2D eigenvalue weighted by atomic mass is 10.1. The monoisotopic (exact) mass is 368 g/mol. The highest BCUT2D eigenvalue weighted by molar-refractivity contribution is 5.99. The van der Waals surface area contributed by atoms with E-state index in [-0.39, 0.29) is 5.91 Å².